The van der Waals surface area contributed by atoms with Crippen molar-refractivity contribution in [3.8, 4) is 0 Å². The number of carbonyl (C=O) groups excluding carboxylic acids is 2. The zero-order chi connectivity index (χ0) is 22.7. The molecule has 1 saturated heterocycles. The van der Waals surface area contributed by atoms with Gasteiger partial charge in [-0.1, -0.05) is 48.0 Å². The Morgan fingerprint density at radius 2 is 1.91 bits per heavy atom. The Labute approximate surface area is 194 Å². The molecule has 6 nitrogen and oxygen atoms in total. The van der Waals surface area contributed by atoms with Gasteiger partial charge in [0.1, 0.15) is 0 Å². The zero-order valence-electron chi connectivity index (χ0n) is 17.4. The lowest BCUT2D eigenvalue weighted by Crippen LogP contribution is -2.41. The number of likely N-dealkylation sites (tertiary alicyclic amines) is 1. The normalized spacial score (nSPS) is 16.7. The van der Waals surface area contributed by atoms with Crippen LogP contribution in [0.3, 0.4) is 0 Å². The molecule has 0 saturated carbocycles. The predicted octanol–water partition coefficient (Wildman–Crippen LogP) is 4.55. The second-order valence-corrected chi connectivity index (χ2v) is 9.13. The van der Waals surface area contributed by atoms with Crippen molar-refractivity contribution in [3.05, 3.63) is 82.1 Å². The third-order valence-corrected chi connectivity index (χ3v) is 6.86. The average Bonchev–Trinajstić information content (AvgIpc) is 2.98. The molecule has 0 radical (unpaired) electrons. The Morgan fingerprint density at radius 3 is 2.66 bits per heavy atom. The van der Waals surface area contributed by atoms with Crippen LogP contribution in [0.25, 0.3) is 10.9 Å². The van der Waals surface area contributed by atoms with E-state index in [2.05, 4.69) is 11.6 Å². The first-order chi connectivity index (χ1) is 15.5. The van der Waals surface area contributed by atoms with E-state index in [0.29, 0.717) is 39.6 Å². The van der Waals surface area contributed by atoms with E-state index in [-0.39, 0.29) is 23.9 Å². The van der Waals surface area contributed by atoms with Crippen molar-refractivity contribution in [1.29, 1.82) is 0 Å². The monoisotopic (exact) mass is 467 g/mol. The van der Waals surface area contributed by atoms with E-state index in [1.807, 2.05) is 6.07 Å². The third-order valence-electron chi connectivity index (χ3n) is 5.36. The van der Waals surface area contributed by atoms with Gasteiger partial charge in [-0.2, -0.15) is 0 Å². The Bertz CT molecular complexity index is 1240. The highest BCUT2D eigenvalue weighted by Gasteiger charge is 2.33. The fourth-order valence-electron chi connectivity index (χ4n) is 3.72. The SMILES string of the molecule is C=CCn1c(SC2CCCCN(C(=O)c3ccc(Cl)cc3)C2=O)nc2ccccc2c1=O. The number of rotatable bonds is 5. The molecule has 1 aliphatic rings. The van der Waals surface area contributed by atoms with Crippen molar-refractivity contribution in [3.63, 3.8) is 0 Å². The maximum atomic E-state index is 13.4. The molecular formula is C24H22ClN3O3S. The molecular weight excluding hydrogens is 446 g/mol. The largest absolute Gasteiger partial charge is 0.283 e. The van der Waals surface area contributed by atoms with E-state index >= 15 is 0 Å². The summed E-state index contributed by atoms with van der Waals surface area (Å²) in [6.45, 7) is 4.39. The molecule has 1 unspecified atom stereocenters. The Balaban J connectivity index is 1.67. The summed E-state index contributed by atoms with van der Waals surface area (Å²) in [6, 6.07) is 13.7. The molecule has 1 aliphatic heterocycles. The van der Waals surface area contributed by atoms with Gasteiger partial charge in [0.05, 0.1) is 16.2 Å². The number of imide groups is 1. The van der Waals surface area contributed by atoms with Gasteiger partial charge in [-0.3, -0.25) is 23.9 Å². The lowest BCUT2D eigenvalue weighted by molar-refractivity contribution is -0.127. The van der Waals surface area contributed by atoms with E-state index in [0.717, 1.165) is 12.8 Å². The van der Waals surface area contributed by atoms with Gasteiger partial charge in [0.15, 0.2) is 5.16 Å². The maximum absolute atomic E-state index is 13.4. The van der Waals surface area contributed by atoms with Gasteiger partial charge in [-0.05, 0) is 49.2 Å². The average molecular weight is 468 g/mol. The molecule has 2 heterocycles. The second kappa shape index (κ2) is 9.71. The number of para-hydroxylation sites is 1. The summed E-state index contributed by atoms with van der Waals surface area (Å²) in [5.74, 6) is -0.603. The number of thioether (sulfide) groups is 1. The zero-order valence-corrected chi connectivity index (χ0v) is 18.9. The topological polar surface area (TPSA) is 72.3 Å². The maximum Gasteiger partial charge on any atom is 0.262 e. The van der Waals surface area contributed by atoms with E-state index in [4.69, 9.17) is 11.6 Å². The van der Waals surface area contributed by atoms with Crippen LogP contribution in [0.5, 0.6) is 0 Å². The van der Waals surface area contributed by atoms with Crippen LogP contribution in [0.4, 0.5) is 0 Å². The molecule has 0 aliphatic carbocycles. The van der Waals surface area contributed by atoms with E-state index in [9.17, 15) is 14.4 Å². The summed E-state index contributed by atoms with van der Waals surface area (Å²) < 4.78 is 1.53. The quantitative estimate of drug-likeness (QED) is 0.312. The first-order valence-electron chi connectivity index (χ1n) is 10.4. The van der Waals surface area contributed by atoms with Gasteiger partial charge >= 0.3 is 0 Å². The molecule has 0 N–H and O–H groups in total. The minimum atomic E-state index is -0.516. The molecule has 0 bridgehead atoms. The van der Waals surface area contributed by atoms with Gasteiger partial charge < -0.3 is 0 Å². The van der Waals surface area contributed by atoms with Crippen LogP contribution >= 0.6 is 23.4 Å². The van der Waals surface area contributed by atoms with E-state index < -0.39 is 5.25 Å². The number of carbonyl (C=O) groups is 2. The number of benzene rings is 2. The van der Waals surface area contributed by atoms with Gasteiger partial charge in [0.2, 0.25) is 5.91 Å². The second-order valence-electron chi connectivity index (χ2n) is 7.52. The van der Waals surface area contributed by atoms with Crippen molar-refractivity contribution in [1.82, 2.24) is 14.5 Å². The summed E-state index contributed by atoms with van der Waals surface area (Å²) in [5.41, 5.74) is 0.824. The van der Waals surface area contributed by atoms with Crippen LogP contribution in [0, 0.1) is 0 Å². The summed E-state index contributed by atoms with van der Waals surface area (Å²) in [4.78, 5) is 45.4. The number of hydrogen-bond donors (Lipinski definition) is 0. The van der Waals surface area contributed by atoms with Crippen molar-refractivity contribution in [2.45, 2.75) is 36.2 Å². The number of halogens is 1. The molecule has 8 heteroatoms. The van der Waals surface area contributed by atoms with Crippen LogP contribution < -0.4 is 5.56 Å². The number of hydrogen-bond acceptors (Lipinski definition) is 5. The molecule has 4 rings (SSSR count). The number of aromatic nitrogens is 2. The molecule has 164 valence electrons. The third kappa shape index (κ3) is 4.49. The van der Waals surface area contributed by atoms with Crippen molar-refractivity contribution < 1.29 is 9.59 Å². The number of allylic oxidation sites excluding steroid dienone is 1. The summed E-state index contributed by atoms with van der Waals surface area (Å²) >= 11 is 7.17. The molecule has 1 atom stereocenters. The van der Waals surface area contributed by atoms with Crippen LogP contribution in [0.1, 0.15) is 29.6 Å². The van der Waals surface area contributed by atoms with Crippen molar-refractivity contribution in [2.24, 2.45) is 0 Å². The summed E-state index contributed by atoms with van der Waals surface area (Å²) in [7, 11) is 0. The molecule has 0 spiro atoms. The van der Waals surface area contributed by atoms with Gasteiger partial charge in [-0.25, -0.2) is 4.98 Å². The molecule has 1 fully saturated rings. The highest BCUT2D eigenvalue weighted by Crippen LogP contribution is 2.30. The Hall–Kier alpha value is -2.90. The number of fused-ring (bicyclic) bond motifs is 1. The first-order valence-corrected chi connectivity index (χ1v) is 11.6. The highest BCUT2D eigenvalue weighted by molar-refractivity contribution is 8.00. The Kier molecular flexibility index (Phi) is 6.77. The smallest absolute Gasteiger partial charge is 0.262 e. The van der Waals surface area contributed by atoms with E-state index in [1.165, 1.54) is 21.2 Å². The Morgan fingerprint density at radius 1 is 1.16 bits per heavy atom. The van der Waals surface area contributed by atoms with Gasteiger partial charge in [-0.15, -0.1) is 6.58 Å². The first kappa shape index (κ1) is 22.3. The lowest BCUT2D eigenvalue weighted by Gasteiger charge is -2.23. The minimum absolute atomic E-state index is 0.173. The van der Waals surface area contributed by atoms with Crippen LogP contribution in [-0.4, -0.2) is 38.1 Å². The molecule has 32 heavy (non-hydrogen) atoms. The molecule has 2 amide bonds. The molecule has 2 aromatic carbocycles. The standard InChI is InChI=1S/C24H22ClN3O3S/c1-2-14-28-22(30)18-7-3-4-8-19(18)26-24(28)32-20-9-5-6-15-27(23(20)31)21(29)16-10-12-17(25)13-11-16/h2-4,7-8,10-13,20H,1,5-6,9,14-15H2. The highest BCUT2D eigenvalue weighted by atomic mass is 35.5. The fraction of sp³-hybridized carbons (Fsp3) is 0.250. The summed E-state index contributed by atoms with van der Waals surface area (Å²) in [6.07, 6.45) is 3.76. The predicted molar refractivity (Wildman–Crippen MR) is 127 cm³/mol. The number of amides is 2. The summed E-state index contributed by atoms with van der Waals surface area (Å²) in [5, 5.41) is 0.982. The fourth-order valence-corrected chi connectivity index (χ4v) is 5.05. The minimum Gasteiger partial charge on any atom is -0.283 e. The van der Waals surface area contributed by atoms with Crippen LogP contribution in [-0.2, 0) is 11.3 Å². The van der Waals surface area contributed by atoms with Gasteiger partial charge in [0.25, 0.3) is 11.5 Å². The van der Waals surface area contributed by atoms with Crippen molar-refractivity contribution >= 4 is 46.1 Å². The van der Waals surface area contributed by atoms with Gasteiger partial charge in [0, 0.05) is 23.7 Å². The van der Waals surface area contributed by atoms with Crippen molar-refractivity contribution in [2.75, 3.05) is 6.54 Å². The number of nitrogens with zero attached hydrogens (tertiary/aromatic N) is 3. The molecule has 1 aromatic heterocycles. The van der Waals surface area contributed by atoms with E-state index in [1.54, 1.807) is 48.5 Å². The van der Waals surface area contributed by atoms with Crippen LogP contribution in [0.15, 0.2) is 71.1 Å². The lowest BCUT2D eigenvalue weighted by atomic mass is 10.2. The molecule has 3 aromatic rings. The van der Waals surface area contributed by atoms with Crippen LogP contribution in [0.2, 0.25) is 5.02 Å².